The zero-order valence-corrected chi connectivity index (χ0v) is 17.8. The molecule has 1 amide bonds. The zero-order chi connectivity index (χ0) is 21.8. The molecule has 0 atom stereocenters. The first-order valence-corrected chi connectivity index (χ1v) is 11.2. The number of carbonyl (C=O) groups excluding carboxylic acids is 1. The van der Waals surface area contributed by atoms with Crippen LogP contribution < -0.4 is 9.62 Å². The zero-order valence-electron chi connectivity index (χ0n) is 17.0. The van der Waals surface area contributed by atoms with Gasteiger partial charge < -0.3 is 9.88 Å². The minimum atomic E-state index is -3.75. The first-order valence-electron chi connectivity index (χ1n) is 9.79. The van der Waals surface area contributed by atoms with Gasteiger partial charge in [-0.25, -0.2) is 13.4 Å². The van der Waals surface area contributed by atoms with E-state index in [1.165, 1.54) is 23.5 Å². The third kappa shape index (κ3) is 4.44. The topological polar surface area (TPSA) is 84.3 Å². The van der Waals surface area contributed by atoms with E-state index in [1.807, 2.05) is 34.9 Å². The highest BCUT2D eigenvalue weighted by atomic mass is 32.2. The van der Waals surface area contributed by atoms with E-state index >= 15 is 0 Å². The third-order valence-electron chi connectivity index (χ3n) is 5.00. The Morgan fingerprint density at radius 2 is 1.74 bits per heavy atom. The summed E-state index contributed by atoms with van der Waals surface area (Å²) in [6.45, 7) is 0.473. The Bertz CT molecular complexity index is 1320. The highest BCUT2D eigenvalue weighted by Crippen LogP contribution is 2.23. The lowest BCUT2D eigenvalue weighted by Crippen LogP contribution is -2.26. The standard InChI is InChI=1S/C23H22N4O3S/c1-26(19-9-3-2-4-10-19)31(29,30)20-11-7-8-18(16-20)25-23(28)14-15-27-17-24-21-12-5-6-13-22(21)27/h2-13,16-17H,14-15H2,1H3,(H,25,28). The predicted octanol–water partition coefficient (Wildman–Crippen LogP) is 3.89. The van der Waals surface area contributed by atoms with Gasteiger partial charge in [0.2, 0.25) is 5.91 Å². The number of nitrogens with one attached hydrogen (secondary N) is 1. The number of aryl methyl sites for hydroxylation is 1. The number of aromatic nitrogens is 2. The normalized spacial score (nSPS) is 11.4. The number of carbonyl (C=O) groups is 1. The molecule has 158 valence electrons. The van der Waals surface area contributed by atoms with Crippen molar-refractivity contribution in [3.63, 3.8) is 0 Å². The number of imidazole rings is 1. The van der Waals surface area contributed by atoms with E-state index in [9.17, 15) is 13.2 Å². The van der Waals surface area contributed by atoms with E-state index < -0.39 is 10.0 Å². The molecule has 3 aromatic carbocycles. The number of hydrogen-bond donors (Lipinski definition) is 1. The molecule has 1 N–H and O–H groups in total. The van der Waals surface area contributed by atoms with Crippen LogP contribution in [0.1, 0.15) is 6.42 Å². The van der Waals surface area contributed by atoms with Gasteiger partial charge in [0, 0.05) is 25.7 Å². The van der Waals surface area contributed by atoms with Gasteiger partial charge >= 0.3 is 0 Å². The number of benzene rings is 3. The summed E-state index contributed by atoms with van der Waals surface area (Å²) in [4.78, 5) is 16.9. The minimum Gasteiger partial charge on any atom is -0.330 e. The largest absolute Gasteiger partial charge is 0.330 e. The van der Waals surface area contributed by atoms with Crippen molar-refractivity contribution >= 4 is 38.3 Å². The molecule has 0 spiro atoms. The van der Waals surface area contributed by atoms with E-state index in [2.05, 4.69) is 10.3 Å². The number of fused-ring (bicyclic) bond motifs is 1. The Morgan fingerprint density at radius 1 is 1.00 bits per heavy atom. The number of nitrogens with zero attached hydrogens (tertiary/aromatic N) is 3. The Labute approximate surface area is 181 Å². The van der Waals surface area contributed by atoms with Crippen molar-refractivity contribution in [1.82, 2.24) is 9.55 Å². The Balaban J connectivity index is 1.45. The molecule has 0 unspecified atom stereocenters. The van der Waals surface area contributed by atoms with Crippen molar-refractivity contribution in [2.75, 3.05) is 16.7 Å². The van der Waals surface area contributed by atoms with Gasteiger partial charge in [-0.2, -0.15) is 0 Å². The first-order chi connectivity index (χ1) is 14.9. The number of sulfonamides is 1. The summed E-state index contributed by atoms with van der Waals surface area (Å²) in [5, 5.41) is 2.79. The van der Waals surface area contributed by atoms with Gasteiger partial charge in [-0.1, -0.05) is 36.4 Å². The van der Waals surface area contributed by atoms with Gasteiger partial charge in [-0.3, -0.25) is 9.10 Å². The second-order valence-corrected chi connectivity index (χ2v) is 9.03. The van der Waals surface area contributed by atoms with Gasteiger partial charge in [0.1, 0.15) is 0 Å². The van der Waals surface area contributed by atoms with E-state index in [0.717, 1.165) is 11.0 Å². The van der Waals surface area contributed by atoms with Crippen molar-refractivity contribution in [2.24, 2.45) is 0 Å². The lowest BCUT2D eigenvalue weighted by molar-refractivity contribution is -0.116. The fourth-order valence-electron chi connectivity index (χ4n) is 3.30. The second kappa shape index (κ2) is 8.61. The number of hydrogen-bond acceptors (Lipinski definition) is 4. The Morgan fingerprint density at radius 3 is 2.55 bits per heavy atom. The summed E-state index contributed by atoms with van der Waals surface area (Å²) in [6, 6.07) is 22.8. The fraction of sp³-hybridized carbons (Fsp3) is 0.130. The number of rotatable bonds is 7. The van der Waals surface area contributed by atoms with Crippen LogP contribution in [0.25, 0.3) is 11.0 Å². The summed E-state index contributed by atoms with van der Waals surface area (Å²) in [5.41, 5.74) is 2.84. The molecule has 1 aromatic heterocycles. The highest BCUT2D eigenvalue weighted by molar-refractivity contribution is 7.92. The molecule has 8 heteroatoms. The first kappa shape index (κ1) is 20.6. The molecule has 0 saturated heterocycles. The van der Waals surface area contributed by atoms with Crippen molar-refractivity contribution in [3.8, 4) is 0 Å². The lowest BCUT2D eigenvalue weighted by atomic mass is 10.3. The maximum Gasteiger partial charge on any atom is 0.264 e. The number of para-hydroxylation sites is 3. The molecule has 4 aromatic rings. The van der Waals surface area contributed by atoms with Gasteiger partial charge in [-0.15, -0.1) is 0 Å². The van der Waals surface area contributed by atoms with Crippen LogP contribution >= 0.6 is 0 Å². The van der Waals surface area contributed by atoms with E-state index in [0.29, 0.717) is 17.9 Å². The van der Waals surface area contributed by atoms with Crippen LogP contribution in [0.2, 0.25) is 0 Å². The molecule has 1 heterocycles. The maximum atomic E-state index is 13.0. The van der Waals surface area contributed by atoms with Gasteiger partial charge in [0.15, 0.2) is 0 Å². The summed E-state index contributed by atoms with van der Waals surface area (Å²) in [5.74, 6) is -0.205. The van der Waals surface area contributed by atoms with Crippen LogP contribution in [0.15, 0.2) is 90.1 Å². The number of amides is 1. The van der Waals surface area contributed by atoms with Crippen molar-refractivity contribution in [1.29, 1.82) is 0 Å². The molecule has 0 radical (unpaired) electrons. The molecular formula is C23H22N4O3S. The van der Waals surface area contributed by atoms with E-state index in [4.69, 9.17) is 0 Å². The Kier molecular flexibility index (Phi) is 5.73. The molecule has 4 rings (SSSR count). The molecule has 0 fully saturated rings. The molecule has 31 heavy (non-hydrogen) atoms. The summed E-state index contributed by atoms with van der Waals surface area (Å²) in [6.07, 6.45) is 1.95. The summed E-state index contributed by atoms with van der Waals surface area (Å²) in [7, 11) is -2.25. The molecule has 0 aliphatic rings. The summed E-state index contributed by atoms with van der Waals surface area (Å²) >= 11 is 0. The molecule has 7 nitrogen and oxygen atoms in total. The van der Waals surface area contributed by atoms with Crippen LogP contribution in [0, 0.1) is 0 Å². The predicted molar refractivity (Wildman–Crippen MR) is 121 cm³/mol. The van der Waals surface area contributed by atoms with E-state index in [1.54, 1.807) is 42.7 Å². The van der Waals surface area contributed by atoms with Gasteiger partial charge in [-0.05, 0) is 42.5 Å². The average molecular weight is 435 g/mol. The van der Waals surface area contributed by atoms with Crippen molar-refractivity contribution in [2.45, 2.75) is 17.9 Å². The number of anilines is 2. The molecule has 0 saturated carbocycles. The quantitative estimate of drug-likeness (QED) is 0.478. The SMILES string of the molecule is CN(c1ccccc1)S(=O)(=O)c1cccc(NC(=O)CCn2cnc3ccccc32)c1. The van der Waals surface area contributed by atoms with Gasteiger partial charge in [0.05, 0.1) is 27.9 Å². The van der Waals surface area contributed by atoms with Crippen LogP contribution in [0.3, 0.4) is 0 Å². The molecule has 0 aliphatic carbocycles. The third-order valence-corrected chi connectivity index (χ3v) is 6.78. The van der Waals surface area contributed by atoms with Crippen LogP contribution in [0.5, 0.6) is 0 Å². The lowest BCUT2D eigenvalue weighted by Gasteiger charge is -2.20. The molecule has 0 aliphatic heterocycles. The molecule has 0 bridgehead atoms. The minimum absolute atomic E-state index is 0.109. The van der Waals surface area contributed by atoms with Crippen LogP contribution in [-0.4, -0.2) is 30.9 Å². The smallest absolute Gasteiger partial charge is 0.264 e. The van der Waals surface area contributed by atoms with Gasteiger partial charge in [0.25, 0.3) is 10.0 Å². The van der Waals surface area contributed by atoms with E-state index in [-0.39, 0.29) is 17.2 Å². The second-order valence-electron chi connectivity index (χ2n) is 7.06. The summed E-state index contributed by atoms with van der Waals surface area (Å²) < 4.78 is 29.1. The Hall–Kier alpha value is -3.65. The van der Waals surface area contributed by atoms with Crippen LogP contribution in [-0.2, 0) is 21.4 Å². The monoisotopic (exact) mass is 434 g/mol. The highest BCUT2D eigenvalue weighted by Gasteiger charge is 2.21. The average Bonchev–Trinajstić information content (AvgIpc) is 3.21. The van der Waals surface area contributed by atoms with Crippen LogP contribution in [0.4, 0.5) is 11.4 Å². The van der Waals surface area contributed by atoms with Crippen molar-refractivity contribution < 1.29 is 13.2 Å². The van der Waals surface area contributed by atoms with Crippen molar-refractivity contribution in [3.05, 3.63) is 85.2 Å². The molecular weight excluding hydrogens is 412 g/mol. The fourth-order valence-corrected chi connectivity index (χ4v) is 4.55. The maximum absolute atomic E-state index is 13.0.